The fourth-order valence-corrected chi connectivity index (χ4v) is 1.92. The molecule has 2 aromatic rings. The first-order chi connectivity index (χ1) is 10.3. The second-order valence-electron chi connectivity index (χ2n) is 4.67. The van der Waals surface area contributed by atoms with Crippen molar-refractivity contribution < 1.29 is 4.74 Å². The minimum atomic E-state index is 0.386. The lowest BCUT2D eigenvalue weighted by Crippen LogP contribution is -2.09. The largest absolute Gasteiger partial charge is 0.384 e. The first-order valence-electron chi connectivity index (χ1n) is 7.18. The number of nitrogens with two attached hydrogens (primary N) is 1. The van der Waals surface area contributed by atoms with Gasteiger partial charge in [0, 0.05) is 38.2 Å². The SMILES string of the molecule is CCOCc1nc(N)cc(NCCCCn2ccnc2)n1. The summed E-state index contributed by atoms with van der Waals surface area (Å²) in [5.74, 6) is 1.82. The highest BCUT2D eigenvalue weighted by Crippen LogP contribution is 2.09. The number of unbranched alkanes of at least 4 members (excludes halogenated alkanes) is 1. The number of nitrogen functional groups attached to an aromatic ring is 1. The number of rotatable bonds is 9. The quantitative estimate of drug-likeness (QED) is 0.683. The molecule has 0 saturated carbocycles. The standard InChI is InChI=1S/C14H22N6O/c1-2-21-10-14-18-12(15)9-13(19-14)17-5-3-4-7-20-8-6-16-11-20/h6,8-9,11H,2-5,7,10H2,1H3,(H3,15,17,18,19). The van der Waals surface area contributed by atoms with Gasteiger partial charge in [-0.2, -0.15) is 0 Å². The lowest BCUT2D eigenvalue weighted by atomic mass is 10.3. The Kier molecular flexibility index (Phi) is 5.96. The summed E-state index contributed by atoms with van der Waals surface area (Å²) in [6, 6.07) is 1.74. The predicted octanol–water partition coefficient (Wildman–Crippen LogP) is 1.68. The van der Waals surface area contributed by atoms with E-state index in [1.165, 1.54) is 0 Å². The number of imidazole rings is 1. The number of aryl methyl sites for hydroxylation is 1. The van der Waals surface area contributed by atoms with Crippen LogP contribution in [-0.2, 0) is 17.9 Å². The summed E-state index contributed by atoms with van der Waals surface area (Å²) in [5.41, 5.74) is 5.77. The number of aromatic nitrogens is 4. The Morgan fingerprint density at radius 2 is 2.24 bits per heavy atom. The first-order valence-corrected chi connectivity index (χ1v) is 7.18. The normalized spacial score (nSPS) is 10.7. The van der Waals surface area contributed by atoms with Gasteiger partial charge in [-0.25, -0.2) is 15.0 Å². The maximum Gasteiger partial charge on any atom is 0.158 e. The monoisotopic (exact) mass is 290 g/mol. The van der Waals surface area contributed by atoms with Gasteiger partial charge in [0.1, 0.15) is 18.2 Å². The van der Waals surface area contributed by atoms with E-state index in [9.17, 15) is 0 Å². The zero-order valence-corrected chi connectivity index (χ0v) is 12.3. The number of anilines is 2. The molecule has 7 nitrogen and oxygen atoms in total. The topological polar surface area (TPSA) is 90.9 Å². The van der Waals surface area contributed by atoms with E-state index in [2.05, 4.69) is 24.8 Å². The zero-order chi connectivity index (χ0) is 14.9. The van der Waals surface area contributed by atoms with Crippen LogP contribution in [0.4, 0.5) is 11.6 Å². The maximum absolute atomic E-state index is 5.77. The first kappa shape index (κ1) is 15.2. The van der Waals surface area contributed by atoms with Crippen LogP contribution in [0.5, 0.6) is 0 Å². The van der Waals surface area contributed by atoms with Crippen molar-refractivity contribution in [3.63, 3.8) is 0 Å². The van der Waals surface area contributed by atoms with Crippen molar-refractivity contribution in [1.29, 1.82) is 0 Å². The number of hydrogen-bond acceptors (Lipinski definition) is 6. The number of ether oxygens (including phenoxy) is 1. The van der Waals surface area contributed by atoms with Crippen molar-refractivity contribution >= 4 is 11.6 Å². The molecule has 0 bridgehead atoms. The average Bonchev–Trinajstić information content (AvgIpc) is 2.97. The van der Waals surface area contributed by atoms with Gasteiger partial charge in [-0.05, 0) is 19.8 Å². The lowest BCUT2D eigenvalue weighted by Gasteiger charge is -2.08. The molecule has 0 amide bonds. The molecule has 2 aromatic heterocycles. The molecule has 7 heteroatoms. The zero-order valence-electron chi connectivity index (χ0n) is 12.3. The molecule has 0 saturated heterocycles. The molecule has 0 aromatic carbocycles. The summed E-state index contributed by atoms with van der Waals surface area (Å²) in [6.45, 7) is 4.78. The number of hydrogen-bond donors (Lipinski definition) is 2. The van der Waals surface area contributed by atoms with E-state index >= 15 is 0 Å². The molecule has 0 atom stereocenters. The van der Waals surface area contributed by atoms with Crippen LogP contribution in [0.25, 0.3) is 0 Å². The number of nitrogens with one attached hydrogen (secondary N) is 1. The van der Waals surface area contributed by atoms with Gasteiger partial charge in [-0.15, -0.1) is 0 Å². The van der Waals surface area contributed by atoms with E-state index in [1.54, 1.807) is 12.3 Å². The molecule has 21 heavy (non-hydrogen) atoms. The van der Waals surface area contributed by atoms with Crippen LogP contribution >= 0.6 is 0 Å². The summed E-state index contributed by atoms with van der Waals surface area (Å²) in [5, 5.41) is 3.27. The van der Waals surface area contributed by atoms with E-state index in [0.717, 1.165) is 31.7 Å². The molecule has 0 aliphatic rings. The second-order valence-corrected chi connectivity index (χ2v) is 4.67. The van der Waals surface area contributed by atoms with Crippen molar-refractivity contribution in [1.82, 2.24) is 19.5 Å². The van der Waals surface area contributed by atoms with Crippen molar-refractivity contribution in [2.24, 2.45) is 0 Å². The molecule has 0 unspecified atom stereocenters. The van der Waals surface area contributed by atoms with Crippen molar-refractivity contribution in [2.45, 2.75) is 32.9 Å². The van der Waals surface area contributed by atoms with Gasteiger partial charge in [0.25, 0.3) is 0 Å². The highest BCUT2D eigenvalue weighted by Gasteiger charge is 2.02. The van der Waals surface area contributed by atoms with Crippen LogP contribution in [0.3, 0.4) is 0 Å². The molecule has 0 aliphatic heterocycles. The lowest BCUT2D eigenvalue weighted by molar-refractivity contribution is 0.128. The molecule has 0 fully saturated rings. The van der Waals surface area contributed by atoms with Gasteiger partial charge in [-0.1, -0.05) is 0 Å². The van der Waals surface area contributed by atoms with Gasteiger partial charge < -0.3 is 20.4 Å². The fourth-order valence-electron chi connectivity index (χ4n) is 1.92. The fraction of sp³-hybridized carbons (Fsp3) is 0.500. The van der Waals surface area contributed by atoms with Gasteiger partial charge in [0.15, 0.2) is 5.82 Å². The van der Waals surface area contributed by atoms with E-state index in [-0.39, 0.29) is 0 Å². The molecule has 0 aliphatic carbocycles. The summed E-state index contributed by atoms with van der Waals surface area (Å²) < 4.78 is 7.37. The summed E-state index contributed by atoms with van der Waals surface area (Å²) in [4.78, 5) is 12.5. The maximum atomic E-state index is 5.77. The van der Waals surface area contributed by atoms with Crippen LogP contribution in [0.15, 0.2) is 24.8 Å². The molecule has 3 N–H and O–H groups in total. The van der Waals surface area contributed by atoms with Crippen LogP contribution < -0.4 is 11.1 Å². The Morgan fingerprint density at radius 1 is 1.33 bits per heavy atom. The Hall–Kier alpha value is -2.15. The average molecular weight is 290 g/mol. The highest BCUT2D eigenvalue weighted by molar-refractivity contribution is 5.44. The summed E-state index contributed by atoms with van der Waals surface area (Å²) >= 11 is 0. The predicted molar refractivity (Wildman–Crippen MR) is 81.7 cm³/mol. The van der Waals surface area contributed by atoms with Crippen molar-refractivity contribution in [3.8, 4) is 0 Å². The smallest absolute Gasteiger partial charge is 0.158 e. The van der Waals surface area contributed by atoms with Gasteiger partial charge >= 0.3 is 0 Å². The number of nitrogens with zero attached hydrogens (tertiary/aromatic N) is 4. The summed E-state index contributed by atoms with van der Waals surface area (Å²) in [6.07, 6.45) is 7.72. The molecule has 2 heterocycles. The minimum Gasteiger partial charge on any atom is -0.384 e. The van der Waals surface area contributed by atoms with Crippen LogP contribution in [0.2, 0.25) is 0 Å². The van der Waals surface area contributed by atoms with E-state index in [4.69, 9.17) is 10.5 Å². The van der Waals surface area contributed by atoms with E-state index in [0.29, 0.717) is 24.9 Å². The Labute approximate surface area is 124 Å². The van der Waals surface area contributed by atoms with E-state index < -0.39 is 0 Å². The van der Waals surface area contributed by atoms with Gasteiger partial charge in [0.05, 0.1) is 6.33 Å². The van der Waals surface area contributed by atoms with Crippen LogP contribution in [0, 0.1) is 0 Å². The third-order valence-electron chi connectivity index (χ3n) is 2.94. The molecule has 0 radical (unpaired) electrons. The molecule has 114 valence electrons. The van der Waals surface area contributed by atoms with E-state index in [1.807, 2.05) is 19.4 Å². The Morgan fingerprint density at radius 3 is 3.00 bits per heavy atom. The summed E-state index contributed by atoms with van der Waals surface area (Å²) in [7, 11) is 0. The van der Waals surface area contributed by atoms with Crippen molar-refractivity contribution in [2.75, 3.05) is 24.2 Å². The third-order valence-corrected chi connectivity index (χ3v) is 2.94. The minimum absolute atomic E-state index is 0.386. The molecule has 0 spiro atoms. The van der Waals surface area contributed by atoms with Gasteiger partial charge in [-0.3, -0.25) is 0 Å². The second kappa shape index (κ2) is 8.21. The third kappa shape index (κ3) is 5.39. The van der Waals surface area contributed by atoms with Gasteiger partial charge in [0.2, 0.25) is 0 Å². The van der Waals surface area contributed by atoms with Crippen LogP contribution in [0.1, 0.15) is 25.6 Å². The van der Waals surface area contributed by atoms with Crippen LogP contribution in [-0.4, -0.2) is 32.7 Å². The molecular weight excluding hydrogens is 268 g/mol. The highest BCUT2D eigenvalue weighted by atomic mass is 16.5. The van der Waals surface area contributed by atoms with Crippen molar-refractivity contribution in [3.05, 3.63) is 30.6 Å². The molecular formula is C14H22N6O. The molecule has 2 rings (SSSR count). The Bertz CT molecular complexity index is 528. The Balaban J connectivity index is 1.73.